The maximum Gasteiger partial charge on any atom is 0.147 e. The van der Waals surface area contributed by atoms with Crippen LogP contribution in [0, 0.1) is 11.6 Å². The summed E-state index contributed by atoms with van der Waals surface area (Å²) in [4.78, 5) is 1.53. The van der Waals surface area contributed by atoms with E-state index in [0.717, 1.165) is 5.56 Å². The minimum Gasteiger partial charge on any atom is -0.340 e. The van der Waals surface area contributed by atoms with Gasteiger partial charge in [-0.1, -0.05) is 40.2 Å². The van der Waals surface area contributed by atoms with E-state index in [1.807, 2.05) is 6.07 Å². The highest BCUT2D eigenvalue weighted by Crippen LogP contribution is 2.32. The van der Waals surface area contributed by atoms with Gasteiger partial charge in [0, 0.05) is 12.4 Å². The van der Waals surface area contributed by atoms with Crippen LogP contribution in [0.3, 0.4) is 0 Å². The number of halogens is 3. The highest BCUT2D eigenvalue weighted by molar-refractivity contribution is 9.08. The molecule has 1 nitrogen and oxygen atoms in total. The molecular formula is C14H12BrF2N. The summed E-state index contributed by atoms with van der Waals surface area (Å²) in [6, 6.07) is 11.2. The molecule has 2 aromatic rings. The van der Waals surface area contributed by atoms with Gasteiger partial charge in [0.2, 0.25) is 0 Å². The smallest absolute Gasteiger partial charge is 0.147 e. The Bertz CT molecular complexity index is 557. The van der Waals surface area contributed by atoms with Crippen LogP contribution in [0.4, 0.5) is 20.2 Å². The quantitative estimate of drug-likeness (QED) is 0.747. The van der Waals surface area contributed by atoms with Crippen molar-refractivity contribution in [2.24, 2.45) is 0 Å². The molecule has 0 aromatic heterocycles. The molecule has 0 radical (unpaired) electrons. The van der Waals surface area contributed by atoms with Crippen LogP contribution in [0.25, 0.3) is 0 Å². The number of anilines is 2. The fourth-order valence-corrected chi connectivity index (χ4v) is 2.34. The van der Waals surface area contributed by atoms with Crippen LogP contribution in [-0.2, 0) is 5.33 Å². The Labute approximate surface area is 113 Å². The summed E-state index contributed by atoms with van der Waals surface area (Å²) in [6.45, 7) is 0. The topological polar surface area (TPSA) is 3.24 Å². The molecule has 94 valence electrons. The summed E-state index contributed by atoms with van der Waals surface area (Å²) >= 11 is 3.31. The number of benzene rings is 2. The number of rotatable bonds is 3. The van der Waals surface area contributed by atoms with Crippen molar-refractivity contribution in [2.45, 2.75) is 5.33 Å². The van der Waals surface area contributed by atoms with Gasteiger partial charge in [0.1, 0.15) is 11.6 Å². The molecule has 0 amide bonds. The van der Waals surface area contributed by atoms with E-state index in [9.17, 15) is 8.78 Å². The lowest BCUT2D eigenvalue weighted by Gasteiger charge is -2.23. The van der Waals surface area contributed by atoms with Crippen molar-refractivity contribution in [3.8, 4) is 0 Å². The van der Waals surface area contributed by atoms with Gasteiger partial charge in [-0.2, -0.15) is 0 Å². The van der Waals surface area contributed by atoms with Crippen LogP contribution < -0.4 is 4.90 Å². The van der Waals surface area contributed by atoms with Crippen molar-refractivity contribution in [2.75, 3.05) is 11.9 Å². The van der Waals surface area contributed by atoms with Gasteiger partial charge in [0.05, 0.1) is 11.4 Å². The Morgan fingerprint density at radius 1 is 1.00 bits per heavy atom. The number of hydrogen-bond donors (Lipinski definition) is 0. The molecule has 0 heterocycles. The Morgan fingerprint density at radius 2 is 1.67 bits per heavy atom. The Morgan fingerprint density at radius 3 is 2.33 bits per heavy atom. The third kappa shape index (κ3) is 2.38. The number of para-hydroxylation sites is 2. The number of hydrogen-bond acceptors (Lipinski definition) is 1. The lowest BCUT2D eigenvalue weighted by molar-refractivity contribution is 0.616. The summed E-state index contributed by atoms with van der Waals surface area (Å²) < 4.78 is 27.6. The van der Waals surface area contributed by atoms with Gasteiger partial charge in [-0.05, 0) is 23.8 Å². The van der Waals surface area contributed by atoms with Crippen LogP contribution in [0.2, 0.25) is 0 Å². The minimum atomic E-state index is -0.372. The van der Waals surface area contributed by atoms with E-state index in [1.54, 1.807) is 31.3 Å². The maximum absolute atomic E-state index is 13.9. The van der Waals surface area contributed by atoms with E-state index in [4.69, 9.17) is 0 Å². The zero-order chi connectivity index (χ0) is 13.1. The molecule has 0 saturated carbocycles. The van der Waals surface area contributed by atoms with Crippen LogP contribution >= 0.6 is 15.9 Å². The first-order valence-corrected chi connectivity index (χ1v) is 6.59. The van der Waals surface area contributed by atoms with Gasteiger partial charge in [0.15, 0.2) is 0 Å². The molecule has 0 unspecified atom stereocenters. The molecule has 0 aliphatic rings. The van der Waals surface area contributed by atoms with Crippen molar-refractivity contribution in [1.82, 2.24) is 0 Å². The average molecular weight is 312 g/mol. The van der Waals surface area contributed by atoms with Crippen molar-refractivity contribution in [3.05, 3.63) is 59.7 Å². The largest absolute Gasteiger partial charge is 0.340 e. The summed E-state index contributed by atoms with van der Waals surface area (Å²) in [5.41, 5.74) is 1.52. The van der Waals surface area contributed by atoms with E-state index in [1.165, 1.54) is 17.0 Å². The molecule has 2 aromatic carbocycles. The summed E-state index contributed by atoms with van der Waals surface area (Å²) in [5, 5.41) is 0.513. The van der Waals surface area contributed by atoms with Crippen LogP contribution in [0.1, 0.15) is 5.56 Å². The van der Waals surface area contributed by atoms with Crippen LogP contribution in [-0.4, -0.2) is 7.05 Å². The second-order valence-electron chi connectivity index (χ2n) is 3.89. The van der Waals surface area contributed by atoms with Crippen LogP contribution in [0.15, 0.2) is 42.5 Å². The number of nitrogens with zero attached hydrogens (tertiary/aromatic N) is 1. The third-order valence-electron chi connectivity index (χ3n) is 2.76. The van der Waals surface area contributed by atoms with Crippen molar-refractivity contribution in [1.29, 1.82) is 0 Å². The molecule has 0 bridgehead atoms. The standard InChI is InChI=1S/C14H12BrF2N/c1-18(13-8-3-2-6-11(13)16)14-10(9-15)5-4-7-12(14)17/h2-8H,9H2,1H3. The molecule has 0 spiro atoms. The van der Waals surface area contributed by atoms with E-state index >= 15 is 0 Å². The zero-order valence-electron chi connectivity index (χ0n) is 9.83. The molecule has 0 aliphatic carbocycles. The fourth-order valence-electron chi connectivity index (χ4n) is 1.89. The van der Waals surface area contributed by atoms with Crippen molar-refractivity contribution < 1.29 is 8.78 Å². The first-order chi connectivity index (χ1) is 8.65. The Balaban J connectivity index is 2.52. The first kappa shape index (κ1) is 13.0. The maximum atomic E-state index is 13.9. The molecular weight excluding hydrogens is 300 g/mol. The van der Waals surface area contributed by atoms with Crippen LogP contribution in [0.5, 0.6) is 0 Å². The summed E-state index contributed by atoms with van der Waals surface area (Å²) in [5.74, 6) is -0.735. The van der Waals surface area contributed by atoms with E-state index in [-0.39, 0.29) is 11.6 Å². The summed E-state index contributed by atoms with van der Waals surface area (Å²) in [6.07, 6.45) is 0. The Hall–Kier alpha value is -1.42. The minimum absolute atomic E-state index is 0.352. The zero-order valence-corrected chi connectivity index (χ0v) is 11.4. The van der Waals surface area contributed by atoms with Gasteiger partial charge in [-0.15, -0.1) is 0 Å². The molecule has 4 heteroatoms. The van der Waals surface area contributed by atoms with E-state index in [2.05, 4.69) is 15.9 Å². The molecule has 18 heavy (non-hydrogen) atoms. The van der Waals surface area contributed by atoms with E-state index < -0.39 is 0 Å². The average Bonchev–Trinajstić information content (AvgIpc) is 2.38. The highest BCUT2D eigenvalue weighted by Gasteiger charge is 2.16. The van der Waals surface area contributed by atoms with Gasteiger partial charge in [0.25, 0.3) is 0 Å². The van der Waals surface area contributed by atoms with Gasteiger partial charge in [-0.25, -0.2) is 8.78 Å². The molecule has 0 aliphatic heterocycles. The van der Waals surface area contributed by atoms with E-state index in [0.29, 0.717) is 16.7 Å². The predicted octanol–water partition coefficient (Wildman–Crippen LogP) is 4.63. The molecule has 0 N–H and O–H groups in total. The van der Waals surface area contributed by atoms with Crippen molar-refractivity contribution in [3.63, 3.8) is 0 Å². The fraction of sp³-hybridized carbons (Fsp3) is 0.143. The second kappa shape index (κ2) is 5.48. The third-order valence-corrected chi connectivity index (χ3v) is 3.37. The summed E-state index contributed by atoms with van der Waals surface area (Å²) in [7, 11) is 1.66. The molecule has 0 saturated heterocycles. The van der Waals surface area contributed by atoms with Gasteiger partial charge < -0.3 is 4.90 Å². The molecule has 2 rings (SSSR count). The first-order valence-electron chi connectivity index (χ1n) is 5.46. The highest BCUT2D eigenvalue weighted by atomic mass is 79.9. The Kier molecular flexibility index (Phi) is 3.97. The SMILES string of the molecule is CN(c1ccccc1F)c1c(F)cccc1CBr. The number of alkyl halides is 1. The lowest BCUT2D eigenvalue weighted by Crippen LogP contribution is -2.14. The molecule has 0 atom stereocenters. The second-order valence-corrected chi connectivity index (χ2v) is 4.45. The molecule has 0 fully saturated rings. The van der Waals surface area contributed by atoms with Gasteiger partial charge >= 0.3 is 0 Å². The monoisotopic (exact) mass is 311 g/mol. The normalized spacial score (nSPS) is 10.4. The van der Waals surface area contributed by atoms with Gasteiger partial charge in [-0.3, -0.25) is 0 Å². The van der Waals surface area contributed by atoms with Crippen molar-refractivity contribution >= 4 is 27.3 Å². The lowest BCUT2D eigenvalue weighted by atomic mass is 10.1. The predicted molar refractivity (Wildman–Crippen MR) is 73.5 cm³/mol.